The smallest absolute Gasteiger partial charge is 0.126 e. The quantitative estimate of drug-likeness (QED) is 0.859. The zero-order valence-electron chi connectivity index (χ0n) is 10.2. The van der Waals surface area contributed by atoms with Gasteiger partial charge in [0.15, 0.2) is 0 Å². The van der Waals surface area contributed by atoms with Crippen LogP contribution in [0.2, 0.25) is 0 Å². The molecule has 1 saturated carbocycles. The highest BCUT2D eigenvalue weighted by Gasteiger charge is 2.43. The molecule has 0 heterocycles. The molecule has 0 unspecified atom stereocenters. The van der Waals surface area contributed by atoms with Gasteiger partial charge in [-0.2, -0.15) is 0 Å². The number of benzene rings is 1. The summed E-state index contributed by atoms with van der Waals surface area (Å²) in [6.45, 7) is 4.26. The van der Waals surface area contributed by atoms with Crippen molar-refractivity contribution in [2.45, 2.75) is 38.7 Å². The third-order valence-corrected chi connectivity index (χ3v) is 3.68. The fourth-order valence-corrected chi connectivity index (χ4v) is 2.63. The van der Waals surface area contributed by atoms with Crippen LogP contribution in [-0.2, 0) is 6.42 Å². The first-order valence-corrected chi connectivity index (χ1v) is 6.05. The van der Waals surface area contributed by atoms with Gasteiger partial charge in [0.2, 0.25) is 0 Å². The summed E-state index contributed by atoms with van der Waals surface area (Å²) in [5, 5.41) is 10.2. The Morgan fingerprint density at radius 1 is 1.24 bits per heavy atom. The van der Waals surface area contributed by atoms with Crippen LogP contribution in [0, 0.1) is 23.5 Å². The highest BCUT2D eigenvalue weighted by molar-refractivity contribution is 5.21. The van der Waals surface area contributed by atoms with Gasteiger partial charge in [0.05, 0.1) is 5.60 Å². The van der Waals surface area contributed by atoms with Crippen molar-refractivity contribution in [3.63, 3.8) is 0 Å². The standard InChI is InChI=1S/C14H18F2O/c1-9(2)11-7-14(17,8-11)6-10-3-12(15)5-13(16)4-10/h3-5,9,11,17H,6-8H2,1-2H3. The lowest BCUT2D eigenvalue weighted by atomic mass is 9.64. The Kier molecular flexibility index (Phi) is 3.21. The van der Waals surface area contributed by atoms with Crippen LogP contribution in [0.1, 0.15) is 32.3 Å². The maximum absolute atomic E-state index is 13.0. The van der Waals surface area contributed by atoms with Crippen LogP contribution in [0.25, 0.3) is 0 Å². The van der Waals surface area contributed by atoms with Crippen molar-refractivity contribution in [2.24, 2.45) is 11.8 Å². The van der Waals surface area contributed by atoms with Crippen LogP contribution in [0.15, 0.2) is 18.2 Å². The second kappa shape index (κ2) is 4.37. The Bertz CT molecular complexity index is 388. The molecule has 0 radical (unpaired) electrons. The zero-order chi connectivity index (χ0) is 12.6. The molecule has 3 heteroatoms. The SMILES string of the molecule is CC(C)C1CC(O)(Cc2cc(F)cc(F)c2)C1. The number of hydrogen-bond donors (Lipinski definition) is 1. The monoisotopic (exact) mass is 240 g/mol. The molecular weight excluding hydrogens is 222 g/mol. The van der Waals surface area contributed by atoms with Gasteiger partial charge in [0.1, 0.15) is 11.6 Å². The van der Waals surface area contributed by atoms with Crippen LogP contribution < -0.4 is 0 Å². The molecular formula is C14H18F2O. The minimum Gasteiger partial charge on any atom is -0.390 e. The van der Waals surface area contributed by atoms with E-state index in [0.717, 1.165) is 18.9 Å². The normalized spacial score (nSPS) is 28.2. The summed E-state index contributed by atoms with van der Waals surface area (Å²) in [6.07, 6.45) is 1.79. The Hall–Kier alpha value is -0.960. The van der Waals surface area contributed by atoms with Gasteiger partial charge in [-0.25, -0.2) is 8.78 Å². The van der Waals surface area contributed by atoms with Crippen molar-refractivity contribution < 1.29 is 13.9 Å². The van der Waals surface area contributed by atoms with Crippen molar-refractivity contribution >= 4 is 0 Å². The minimum absolute atomic E-state index is 0.338. The van der Waals surface area contributed by atoms with E-state index in [-0.39, 0.29) is 0 Å². The van der Waals surface area contributed by atoms with Crippen LogP contribution in [0.4, 0.5) is 8.78 Å². The summed E-state index contributed by atoms with van der Waals surface area (Å²) < 4.78 is 26.0. The van der Waals surface area contributed by atoms with Crippen molar-refractivity contribution in [1.82, 2.24) is 0 Å². The van der Waals surface area contributed by atoms with E-state index >= 15 is 0 Å². The fraction of sp³-hybridized carbons (Fsp3) is 0.571. The van der Waals surface area contributed by atoms with Crippen LogP contribution >= 0.6 is 0 Å². The van der Waals surface area contributed by atoms with E-state index in [9.17, 15) is 13.9 Å². The maximum Gasteiger partial charge on any atom is 0.126 e. The summed E-state index contributed by atoms with van der Waals surface area (Å²) in [4.78, 5) is 0. The average molecular weight is 240 g/mol. The van der Waals surface area contributed by atoms with Gasteiger partial charge in [-0.3, -0.25) is 0 Å². The molecule has 0 atom stereocenters. The Balaban J connectivity index is 2.02. The van der Waals surface area contributed by atoms with Gasteiger partial charge in [0, 0.05) is 12.5 Å². The summed E-state index contributed by atoms with van der Waals surface area (Å²) in [7, 11) is 0. The van der Waals surface area contributed by atoms with Crippen LogP contribution in [0.3, 0.4) is 0 Å². The lowest BCUT2D eigenvalue weighted by Gasteiger charge is -2.46. The zero-order valence-corrected chi connectivity index (χ0v) is 10.2. The largest absolute Gasteiger partial charge is 0.390 e. The molecule has 0 aromatic heterocycles. The second-order valence-corrected chi connectivity index (χ2v) is 5.59. The molecule has 0 amide bonds. The Labute approximate surface area is 100 Å². The maximum atomic E-state index is 13.0. The first-order valence-electron chi connectivity index (χ1n) is 6.05. The molecule has 1 fully saturated rings. The molecule has 1 aromatic carbocycles. The number of halogens is 2. The van der Waals surface area contributed by atoms with Gasteiger partial charge in [-0.15, -0.1) is 0 Å². The van der Waals surface area contributed by atoms with Crippen LogP contribution in [0.5, 0.6) is 0 Å². The van der Waals surface area contributed by atoms with E-state index in [4.69, 9.17) is 0 Å². The van der Waals surface area contributed by atoms with Gasteiger partial charge in [-0.1, -0.05) is 13.8 Å². The molecule has 0 aliphatic heterocycles. The predicted octanol–water partition coefficient (Wildman–Crippen LogP) is 3.30. The number of aliphatic hydroxyl groups is 1. The summed E-state index contributed by atoms with van der Waals surface area (Å²) in [5.74, 6) is -0.0791. The third-order valence-electron chi connectivity index (χ3n) is 3.68. The Morgan fingerprint density at radius 3 is 2.24 bits per heavy atom. The molecule has 0 spiro atoms. The number of hydrogen-bond acceptors (Lipinski definition) is 1. The van der Waals surface area contributed by atoms with Gasteiger partial charge in [0.25, 0.3) is 0 Å². The topological polar surface area (TPSA) is 20.2 Å². The number of rotatable bonds is 3. The molecule has 17 heavy (non-hydrogen) atoms. The molecule has 1 N–H and O–H groups in total. The summed E-state index contributed by atoms with van der Waals surface area (Å²) >= 11 is 0. The van der Waals surface area contributed by atoms with Crippen molar-refractivity contribution in [1.29, 1.82) is 0 Å². The fourth-order valence-electron chi connectivity index (χ4n) is 2.63. The Morgan fingerprint density at radius 2 is 1.76 bits per heavy atom. The van der Waals surface area contributed by atoms with E-state index < -0.39 is 17.2 Å². The molecule has 1 nitrogen and oxygen atoms in total. The van der Waals surface area contributed by atoms with E-state index in [1.54, 1.807) is 0 Å². The highest BCUT2D eigenvalue weighted by Crippen LogP contribution is 2.44. The first-order chi connectivity index (χ1) is 7.88. The highest BCUT2D eigenvalue weighted by atomic mass is 19.1. The second-order valence-electron chi connectivity index (χ2n) is 5.59. The van der Waals surface area contributed by atoms with Crippen molar-refractivity contribution in [3.8, 4) is 0 Å². The van der Waals surface area contributed by atoms with Gasteiger partial charge in [-0.05, 0) is 42.4 Å². The molecule has 94 valence electrons. The van der Waals surface area contributed by atoms with Gasteiger partial charge >= 0.3 is 0 Å². The molecule has 1 aliphatic rings. The minimum atomic E-state index is -0.769. The molecule has 2 rings (SSSR count). The molecule has 1 aliphatic carbocycles. The predicted molar refractivity (Wildman–Crippen MR) is 62.6 cm³/mol. The third kappa shape index (κ3) is 2.83. The summed E-state index contributed by atoms with van der Waals surface area (Å²) in [5.41, 5.74) is -0.234. The molecule has 0 saturated heterocycles. The van der Waals surface area contributed by atoms with Gasteiger partial charge < -0.3 is 5.11 Å². The van der Waals surface area contributed by atoms with E-state index in [0.29, 0.717) is 23.8 Å². The molecule has 0 bridgehead atoms. The lowest BCUT2D eigenvalue weighted by molar-refractivity contribution is -0.0860. The molecule has 1 aromatic rings. The van der Waals surface area contributed by atoms with E-state index in [2.05, 4.69) is 13.8 Å². The van der Waals surface area contributed by atoms with Crippen molar-refractivity contribution in [3.05, 3.63) is 35.4 Å². The lowest BCUT2D eigenvalue weighted by Crippen LogP contribution is -2.47. The van der Waals surface area contributed by atoms with E-state index in [1.807, 2.05) is 0 Å². The summed E-state index contributed by atoms with van der Waals surface area (Å²) in [6, 6.07) is 3.44. The van der Waals surface area contributed by atoms with Crippen molar-refractivity contribution in [2.75, 3.05) is 0 Å². The van der Waals surface area contributed by atoms with Crippen LogP contribution in [-0.4, -0.2) is 10.7 Å². The van der Waals surface area contributed by atoms with E-state index in [1.165, 1.54) is 12.1 Å². The first kappa shape index (κ1) is 12.5. The average Bonchev–Trinajstić information content (AvgIpc) is 2.11.